The molecule has 0 N–H and O–H groups in total. The molecule has 3 nitrogen and oxygen atoms in total. The summed E-state index contributed by atoms with van der Waals surface area (Å²) in [6.45, 7) is 5.95. The van der Waals surface area contributed by atoms with Crippen LogP contribution >= 0.6 is 15.9 Å². The molecule has 1 aromatic rings. The van der Waals surface area contributed by atoms with E-state index in [1.165, 1.54) is 6.07 Å². The predicted molar refractivity (Wildman–Crippen MR) is 76.4 cm³/mol. The van der Waals surface area contributed by atoms with Gasteiger partial charge in [-0.25, -0.2) is 8.42 Å². The van der Waals surface area contributed by atoms with Crippen LogP contribution in [0.1, 0.15) is 36.7 Å². The SMILES string of the molecule is CC(C)(C)c1cc(C(=O)CBr)cc(S(C)(=O)=O)c1. The molecule has 1 rings (SSSR count). The largest absolute Gasteiger partial charge is 0.293 e. The summed E-state index contributed by atoms with van der Waals surface area (Å²) in [7, 11) is -3.32. The van der Waals surface area contributed by atoms with Crippen LogP contribution < -0.4 is 0 Å². The Morgan fingerprint density at radius 1 is 1.22 bits per heavy atom. The number of hydrogen-bond donors (Lipinski definition) is 0. The lowest BCUT2D eigenvalue weighted by molar-refractivity contribution is 0.102. The first-order chi connectivity index (χ1) is 8.05. The van der Waals surface area contributed by atoms with Crippen LogP contribution in [0, 0.1) is 0 Å². The Morgan fingerprint density at radius 3 is 2.17 bits per heavy atom. The summed E-state index contributed by atoms with van der Waals surface area (Å²) in [6, 6.07) is 4.84. The number of Topliss-reactive ketones (excluding diaryl/α,β-unsaturated/α-hetero) is 1. The lowest BCUT2D eigenvalue weighted by Gasteiger charge is -2.20. The summed E-state index contributed by atoms with van der Waals surface area (Å²) in [5.41, 5.74) is 1.07. The molecule has 0 unspecified atom stereocenters. The van der Waals surface area contributed by atoms with Crippen molar-refractivity contribution < 1.29 is 13.2 Å². The van der Waals surface area contributed by atoms with Crippen molar-refractivity contribution in [2.24, 2.45) is 0 Å². The monoisotopic (exact) mass is 332 g/mol. The van der Waals surface area contributed by atoms with Crippen LogP contribution in [-0.4, -0.2) is 25.8 Å². The predicted octanol–water partition coefficient (Wildman–Crippen LogP) is 2.97. The van der Waals surface area contributed by atoms with E-state index in [1.54, 1.807) is 12.1 Å². The summed E-state index contributed by atoms with van der Waals surface area (Å²) in [4.78, 5) is 11.9. The molecule has 0 aliphatic heterocycles. The van der Waals surface area contributed by atoms with Gasteiger partial charge >= 0.3 is 0 Å². The van der Waals surface area contributed by atoms with E-state index >= 15 is 0 Å². The Labute approximate surface area is 117 Å². The minimum Gasteiger partial charge on any atom is -0.293 e. The van der Waals surface area contributed by atoms with Gasteiger partial charge in [0.25, 0.3) is 0 Å². The first-order valence-electron chi connectivity index (χ1n) is 5.50. The Hall–Kier alpha value is -0.680. The number of carbonyl (C=O) groups excluding carboxylic acids is 1. The Bertz CT molecular complexity index is 568. The fraction of sp³-hybridized carbons (Fsp3) is 0.462. The van der Waals surface area contributed by atoms with Crippen molar-refractivity contribution in [3.63, 3.8) is 0 Å². The third-order valence-electron chi connectivity index (χ3n) is 2.64. The van der Waals surface area contributed by atoms with Crippen LogP contribution in [-0.2, 0) is 15.3 Å². The molecular weight excluding hydrogens is 316 g/mol. The van der Waals surface area contributed by atoms with E-state index in [0.29, 0.717) is 5.56 Å². The third kappa shape index (κ3) is 3.65. The van der Waals surface area contributed by atoms with Gasteiger partial charge in [0.15, 0.2) is 15.6 Å². The van der Waals surface area contributed by atoms with E-state index in [9.17, 15) is 13.2 Å². The lowest BCUT2D eigenvalue weighted by Crippen LogP contribution is -2.14. The average molecular weight is 333 g/mol. The van der Waals surface area contributed by atoms with Gasteiger partial charge < -0.3 is 0 Å². The number of ketones is 1. The number of hydrogen-bond acceptors (Lipinski definition) is 3. The highest BCUT2D eigenvalue weighted by Crippen LogP contribution is 2.26. The molecule has 0 radical (unpaired) electrons. The molecule has 0 saturated carbocycles. The van der Waals surface area contributed by atoms with Crippen molar-refractivity contribution in [3.8, 4) is 0 Å². The van der Waals surface area contributed by atoms with Crippen molar-refractivity contribution in [1.29, 1.82) is 0 Å². The lowest BCUT2D eigenvalue weighted by atomic mass is 9.86. The van der Waals surface area contributed by atoms with Crippen molar-refractivity contribution in [2.45, 2.75) is 31.1 Å². The van der Waals surface area contributed by atoms with E-state index < -0.39 is 9.84 Å². The first kappa shape index (κ1) is 15.4. The Balaban J connectivity index is 3.54. The number of benzene rings is 1. The maximum Gasteiger partial charge on any atom is 0.175 e. The van der Waals surface area contributed by atoms with E-state index in [0.717, 1.165) is 11.8 Å². The standard InChI is InChI=1S/C13H17BrO3S/c1-13(2,3)10-5-9(12(15)8-14)6-11(7-10)18(4,16)17/h5-7H,8H2,1-4H3. The smallest absolute Gasteiger partial charge is 0.175 e. The van der Waals surface area contributed by atoms with Gasteiger partial charge in [0, 0.05) is 11.8 Å². The van der Waals surface area contributed by atoms with Crippen molar-refractivity contribution in [2.75, 3.05) is 11.6 Å². The molecule has 18 heavy (non-hydrogen) atoms. The van der Waals surface area contributed by atoms with Crippen LogP contribution in [0.15, 0.2) is 23.1 Å². The molecule has 0 bridgehead atoms. The normalized spacial score (nSPS) is 12.5. The van der Waals surface area contributed by atoms with Gasteiger partial charge in [0.05, 0.1) is 10.2 Å². The zero-order valence-electron chi connectivity index (χ0n) is 11.0. The molecule has 0 spiro atoms. The zero-order chi connectivity index (χ0) is 14.1. The number of sulfone groups is 1. The third-order valence-corrected chi connectivity index (χ3v) is 4.25. The second-order valence-electron chi connectivity index (χ2n) is 5.33. The quantitative estimate of drug-likeness (QED) is 0.631. The molecule has 0 aromatic heterocycles. The summed E-state index contributed by atoms with van der Waals surface area (Å²) < 4.78 is 23.3. The summed E-state index contributed by atoms with van der Waals surface area (Å²) in [5.74, 6) is -0.119. The van der Waals surface area contributed by atoms with E-state index in [4.69, 9.17) is 0 Å². The Kier molecular flexibility index (Phi) is 4.38. The van der Waals surface area contributed by atoms with Crippen LogP contribution in [0.3, 0.4) is 0 Å². The van der Waals surface area contributed by atoms with Crippen LogP contribution in [0.2, 0.25) is 0 Å². The molecule has 0 aliphatic carbocycles. The number of carbonyl (C=O) groups is 1. The fourth-order valence-electron chi connectivity index (χ4n) is 1.48. The van der Waals surface area contributed by atoms with E-state index in [-0.39, 0.29) is 21.4 Å². The van der Waals surface area contributed by atoms with Gasteiger partial charge in [-0.2, -0.15) is 0 Å². The maximum absolute atomic E-state index is 11.7. The minimum absolute atomic E-state index is 0.119. The maximum atomic E-state index is 11.7. The summed E-state index contributed by atoms with van der Waals surface area (Å²) in [5, 5.41) is 0.184. The molecule has 5 heteroatoms. The average Bonchev–Trinajstić information content (AvgIpc) is 2.25. The fourth-order valence-corrected chi connectivity index (χ4v) is 2.49. The van der Waals surface area contributed by atoms with Crippen LogP contribution in [0.5, 0.6) is 0 Å². The van der Waals surface area contributed by atoms with E-state index in [1.807, 2.05) is 20.8 Å². The first-order valence-corrected chi connectivity index (χ1v) is 8.52. The van der Waals surface area contributed by atoms with Gasteiger partial charge in [-0.3, -0.25) is 4.79 Å². The molecule has 0 saturated heterocycles. The topological polar surface area (TPSA) is 51.2 Å². The van der Waals surface area contributed by atoms with Gasteiger partial charge in [0.2, 0.25) is 0 Å². The molecule has 0 atom stereocenters. The van der Waals surface area contributed by atoms with Crippen molar-refractivity contribution in [3.05, 3.63) is 29.3 Å². The number of rotatable bonds is 3. The summed E-state index contributed by atoms with van der Waals surface area (Å²) in [6.07, 6.45) is 1.15. The molecule has 0 amide bonds. The van der Waals surface area contributed by atoms with Crippen molar-refractivity contribution >= 4 is 31.6 Å². The van der Waals surface area contributed by atoms with Gasteiger partial charge in [-0.15, -0.1) is 0 Å². The van der Waals surface area contributed by atoms with E-state index in [2.05, 4.69) is 15.9 Å². The summed E-state index contributed by atoms with van der Waals surface area (Å²) >= 11 is 3.10. The molecule has 100 valence electrons. The number of halogens is 1. The van der Waals surface area contributed by atoms with Crippen LogP contribution in [0.4, 0.5) is 0 Å². The molecule has 1 aromatic carbocycles. The molecule has 0 heterocycles. The van der Waals surface area contributed by atoms with Crippen molar-refractivity contribution in [1.82, 2.24) is 0 Å². The van der Waals surface area contributed by atoms with Crippen LogP contribution in [0.25, 0.3) is 0 Å². The molecular formula is C13H17BrO3S. The number of alkyl halides is 1. The Morgan fingerprint density at radius 2 is 1.78 bits per heavy atom. The minimum atomic E-state index is -3.32. The van der Waals surface area contributed by atoms with Gasteiger partial charge in [-0.1, -0.05) is 36.7 Å². The second kappa shape index (κ2) is 5.13. The molecule has 0 aliphatic rings. The second-order valence-corrected chi connectivity index (χ2v) is 7.90. The highest BCUT2D eigenvalue weighted by atomic mass is 79.9. The zero-order valence-corrected chi connectivity index (χ0v) is 13.4. The van der Waals surface area contributed by atoms with Gasteiger partial charge in [-0.05, 0) is 29.2 Å². The van der Waals surface area contributed by atoms with Gasteiger partial charge in [0.1, 0.15) is 0 Å². The highest BCUT2D eigenvalue weighted by molar-refractivity contribution is 9.09. The highest BCUT2D eigenvalue weighted by Gasteiger charge is 2.20. The molecule has 0 fully saturated rings.